The molecule has 0 radical (unpaired) electrons. The number of tetrazole rings is 1. The topological polar surface area (TPSA) is 89.4 Å². The number of amides is 1. The highest BCUT2D eigenvalue weighted by atomic mass is 32.2. The van der Waals surface area contributed by atoms with Gasteiger partial charge in [0.15, 0.2) is 0 Å². The molecule has 1 atom stereocenters. The SMILES string of the molecule is Cc1ccccc1-n1nnnc1SCC(=O)N1N=C(c2cccs2)C[C@@H]1c1ccco1. The van der Waals surface area contributed by atoms with E-state index in [4.69, 9.17) is 4.42 Å². The van der Waals surface area contributed by atoms with Crippen molar-refractivity contribution in [2.24, 2.45) is 5.10 Å². The Morgan fingerprint density at radius 3 is 2.90 bits per heavy atom. The number of rotatable bonds is 6. The number of aryl methyl sites for hydroxylation is 1. The summed E-state index contributed by atoms with van der Waals surface area (Å²) in [5, 5.41) is 20.7. The van der Waals surface area contributed by atoms with Gasteiger partial charge in [-0.1, -0.05) is 36.0 Å². The van der Waals surface area contributed by atoms with Gasteiger partial charge in [-0.25, -0.2) is 5.01 Å². The summed E-state index contributed by atoms with van der Waals surface area (Å²) in [6.45, 7) is 2.00. The number of thioether (sulfide) groups is 1. The number of hydrogen-bond acceptors (Lipinski definition) is 8. The molecule has 5 rings (SSSR count). The summed E-state index contributed by atoms with van der Waals surface area (Å²) in [7, 11) is 0. The zero-order valence-electron chi connectivity index (χ0n) is 16.6. The average molecular weight is 451 g/mol. The molecule has 0 bridgehead atoms. The van der Waals surface area contributed by atoms with Crippen molar-refractivity contribution in [3.63, 3.8) is 0 Å². The van der Waals surface area contributed by atoms with Gasteiger partial charge >= 0.3 is 0 Å². The van der Waals surface area contributed by atoms with Crippen molar-refractivity contribution in [1.29, 1.82) is 0 Å². The van der Waals surface area contributed by atoms with Gasteiger partial charge in [-0.15, -0.1) is 16.4 Å². The van der Waals surface area contributed by atoms with Crippen LogP contribution in [0.3, 0.4) is 0 Å². The standard InChI is InChI=1S/C21H18N6O2S2/c1-14-6-2-3-7-16(14)27-21(22-24-25-27)31-13-20(28)26-17(18-8-4-10-29-18)12-15(23-26)19-9-5-11-30-19/h2-11,17H,12-13H2,1H3/t17-/m1/s1. The van der Waals surface area contributed by atoms with Crippen LogP contribution in [0.25, 0.3) is 5.69 Å². The Hall–Kier alpha value is -3.24. The molecule has 4 heterocycles. The van der Waals surface area contributed by atoms with E-state index in [9.17, 15) is 4.79 Å². The number of aromatic nitrogens is 4. The number of hydrogen-bond donors (Lipinski definition) is 0. The Morgan fingerprint density at radius 1 is 1.23 bits per heavy atom. The van der Waals surface area contributed by atoms with Crippen molar-refractivity contribution in [3.05, 3.63) is 76.4 Å². The van der Waals surface area contributed by atoms with Gasteiger partial charge in [0.2, 0.25) is 5.16 Å². The Kier molecular flexibility index (Phi) is 5.39. The fraction of sp³-hybridized carbons (Fsp3) is 0.190. The van der Waals surface area contributed by atoms with Crippen molar-refractivity contribution in [1.82, 2.24) is 25.2 Å². The molecule has 1 aromatic carbocycles. The Labute approximate surface area is 186 Å². The summed E-state index contributed by atoms with van der Waals surface area (Å²) in [6, 6.07) is 15.3. The number of carbonyl (C=O) groups excluding carboxylic acids is 1. The van der Waals surface area contributed by atoms with Gasteiger partial charge in [0, 0.05) is 6.42 Å². The largest absolute Gasteiger partial charge is 0.467 e. The van der Waals surface area contributed by atoms with Crippen LogP contribution in [0.4, 0.5) is 0 Å². The lowest BCUT2D eigenvalue weighted by atomic mass is 10.1. The van der Waals surface area contributed by atoms with E-state index in [0.29, 0.717) is 11.6 Å². The van der Waals surface area contributed by atoms with E-state index in [1.807, 2.05) is 60.8 Å². The van der Waals surface area contributed by atoms with Gasteiger partial charge in [-0.3, -0.25) is 4.79 Å². The van der Waals surface area contributed by atoms with Crippen LogP contribution >= 0.6 is 23.1 Å². The molecule has 0 aliphatic carbocycles. The highest BCUT2D eigenvalue weighted by molar-refractivity contribution is 7.99. The van der Waals surface area contributed by atoms with E-state index < -0.39 is 0 Å². The summed E-state index contributed by atoms with van der Waals surface area (Å²) >= 11 is 2.90. The number of para-hydroxylation sites is 1. The lowest BCUT2D eigenvalue weighted by Crippen LogP contribution is -2.28. The molecule has 3 aromatic heterocycles. The number of carbonyl (C=O) groups is 1. The van der Waals surface area contributed by atoms with Gasteiger partial charge in [0.05, 0.1) is 28.3 Å². The molecule has 1 amide bonds. The molecule has 0 unspecified atom stereocenters. The van der Waals surface area contributed by atoms with Gasteiger partial charge in [-0.2, -0.15) is 9.78 Å². The van der Waals surface area contributed by atoms with E-state index in [1.54, 1.807) is 22.3 Å². The quantitative estimate of drug-likeness (QED) is 0.411. The highest BCUT2D eigenvalue weighted by Crippen LogP contribution is 2.34. The van der Waals surface area contributed by atoms with Crippen LogP contribution in [0.15, 0.2) is 74.8 Å². The lowest BCUT2D eigenvalue weighted by Gasteiger charge is -2.19. The lowest BCUT2D eigenvalue weighted by molar-refractivity contribution is -0.130. The first-order valence-electron chi connectivity index (χ1n) is 9.64. The monoisotopic (exact) mass is 450 g/mol. The van der Waals surface area contributed by atoms with E-state index in [-0.39, 0.29) is 17.7 Å². The number of furan rings is 1. The normalized spacial score (nSPS) is 16.0. The number of nitrogens with zero attached hydrogens (tertiary/aromatic N) is 6. The summed E-state index contributed by atoms with van der Waals surface area (Å²) < 4.78 is 7.25. The molecular weight excluding hydrogens is 432 g/mol. The van der Waals surface area contributed by atoms with Crippen LogP contribution < -0.4 is 0 Å². The van der Waals surface area contributed by atoms with Crippen LogP contribution in [-0.2, 0) is 4.79 Å². The van der Waals surface area contributed by atoms with Gasteiger partial charge < -0.3 is 4.42 Å². The molecule has 10 heteroatoms. The second-order valence-corrected chi connectivity index (χ2v) is 8.84. The molecule has 0 saturated heterocycles. The maximum Gasteiger partial charge on any atom is 0.253 e. The average Bonchev–Trinajstić information content (AvgIpc) is 3.58. The maximum atomic E-state index is 13.2. The smallest absolute Gasteiger partial charge is 0.253 e. The number of benzene rings is 1. The molecule has 1 aliphatic rings. The maximum absolute atomic E-state index is 13.2. The molecular formula is C21H18N6O2S2. The van der Waals surface area contributed by atoms with Gasteiger partial charge in [-0.05, 0) is 52.6 Å². The summed E-state index contributed by atoms with van der Waals surface area (Å²) in [6.07, 6.45) is 2.23. The molecule has 8 nitrogen and oxygen atoms in total. The zero-order valence-corrected chi connectivity index (χ0v) is 18.2. The highest BCUT2D eigenvalue weighted by Gasteiger charge is 2.35. The number of hydrazone groups is 1. The zero-order chi connectivity index (χ0) is 21.2. The van der Waals surface area contributed by atoms with Gasteiger partial charge in [0.1, 0.15) is 11.8 Å². The minimum atomic E-state index is -0.257. The van der Waals surface area contributed by atoms with Crippen LogP contribution in [0.5, 0.6) is 0 Å². The van der Waals surface area contributed by atoms with E-state index in [2.05, 4.69) is 20.6 Å². The van der Waals surface area contributed by atoms with E-state index in [0.717, 1.165) is 27.6 Å². The summed E-state index contributed by atoms with van der Waals surface area (Å²) in [4.78, 5) is 14.2. The first-order valence-corrected chi connectivity index (χ1v) is 11.5. The predicted molar refractivity (Wildman–Crippen MR) is 118 cm³/mol. The molecule has 31 heavy (non-hydrogen) atoms. The van der Waals surface area contributed by atoms with Crippen LogP contribution in [0.2, 0.25) is 0 Å². The first-order chi connectivity index (χ1) is 15.2. The van der Waals surface area contributed by atoms with Crippen molar-refractivity contribution in [2.45, 2.75) is 24.5 Å². The molecule has 156 valence electrons. The fourth-order valence-corrected chi connectivity index (χ4v) is 4.91. The summed E-state index contributed by atoms with van der Waals surface area (Å²) in [5.41, 5.74) is 2.82. The molecule has 4 aromatic rings. The van der Waals surface area contributed by atoms with Crippen LogP contribution in [0.1, 0.15) is 28.7 Å². The molecule has 1 aliphatic heterocycles. The van der Waals surface area contributed by atoms with Gasteiger partial charge in [0.25, 0.3) is 5.91 Å². The minimum absolute atomic E-state index is 0.128. The molecule has 0 fully saturated rings. The first kappa shape index (κ1) is 19.7. The second kappa shape index (κ2) is 8.48. The predicted octanol–water partition coefficient (Wildman–Crippen LogP) is 4.10. The summed E-state index contributed by atoms with van der Waals surface area (Å²) in [5.74, 6) is 0.751. The third-order valence-corrected chi connectivity index (χ3v) is 6.78. The second-order valence-electron chi connectivity index (χ2n) is 6.95. The van der Waals surface area contributed by atoms with Crippen molar-refractivity contribution in [2.75, 3.05) is 5.75 Å². The molecule has 0 saturated carbocycles. The van der Waals surface area contributed by atoms with Crippen molar-refractivity contribution < 1.29 is 9.21 Å². The Bertz CT molecular complexity index is 1220. The number of thiophene rings is 1. The molecule has 0 N–H and O–H groups in total. The van der Waals surface area contributed by atoms with Crippen LogP contribution in [-0.4, -0.2) is 42.6 Å². The van der Waals surface area contributed by atoms with E-state index >= 15 is 0 Å². The van der Waals surface area contributed by atoms with Crippen LogP contribution in [0, 0.1) is 6.92 Å². The third kappa shape index (κ3) is 3.91. The van der Waals surface area contributed by atoms with E-state index in [1.165, 1.54) is 16.8 Å². The molecule has 0 spiro atoms. The Morgan fingerprint density at radius 2 is 2.13 bits per heavy atom. The third-order valence-electron chi connectivity index (χ3n) is 4.95. The fourth-order valence-electron chi connectivity index (χ4n) is 3.45. The Balaban J connectivity index is 1.36. The van der Waals surface area contributed by atoms with Crippen molar-refractivity contribution in [3.8, 4) is 5.69 Å². The van der Waals surface area contributed by atoms with Crippen molar-refractivity contribution >= 4 is 34.7 Å². The minimum Gasteiger partial charge on any atom is -0.467 e.